The second-order valence-corrected chi connectivity index (χ2v) is 5.25. The van der Waals surface area contributed by atoms with Gasteiger partial charge in [-0.15, -0.1) is 0 Å². The second kappa shape index (κ2) is 6.02. The van der Waals surface area contributed by atoms with Gasteiger partial charge in [0.2, 0.25) is 0 Å². The van der Waals surface area contributed by atoms with Crippen LogP contribution in [0.2, 0.25) is 0 Å². The molecule has 0 radical (unpaired) electrons. The molecule has 19 heavy (non-hydrogen) atoms. The van der Waals surface area contributed by atoms with Crippen molar-refractivity contribution in [3.05, 3.63) is 52.6 Å². The predicted molar refractivity (Wildman–Crippen MR) is 78.2 cm³/mol. The minimum absolute atomic E-state index is 0.921. The molecular formula is C16H24N3+. The van der Waals surface area contributed by atoms with Crippen molar-refractivity contribution in [3.8, 4) is 0 Å². The average molecular weight is 258 g/mol. The molecule has 0 saturated heterocycles. The standard InChI is InChI=1S/C16H23N3/c1-5-17-10-16-18-6-7-19(16)11-15-13(3)8-12(2)9-14(15)4/h6-9,17H,5,10-11H2,1-4H3/p+1. The van der Waals surface area contributed by atoms with E-state index >= 15 is 0 Å². The Morgan fingerprint density at radius 2 is 1.84 bits per heavy atom. The van der Waals surface area contributed by atoms with Gasteiger partial charge in [0, 0.05) is 18.9 Å². The van der Waals surface area contributed by atoms with E-state index in [-0.39, 0.29) is 0 Å². The predicted octanol–water partition coefficient (Wildman–Crippen LogP) is 1.94. The third-order valence-corrected chi connectivity index (χ3v) is 3.59. The van der Waals surface area contributed by atoms with Crippen LogP contribution in [0.1, 0.15) is 35.0 Å². The smallest absolute Gasteiger partial charge is 0.164 e. The summed E-state index contributed by atoms with van der Waals surface area (Å²) in [6.07, 6.45) is 3.98. The topological polar surface area (TPSA) is 34.4 Å². The number of imidazole rings is 1. The number of hydrogen-bond donors (Lipinski definition) is 1. The Balaban J connectivity index is 2.24. The number of quaternary nitrogens is 1. The molecular weight excluding hydrogens is 234 g/mol. The van der Waals surface area contributed by atoms with E-state index in [1.165, 1.54) is 22.3 Å². The molecule has 0 saturated carbocycles. The van der Waals surface area contributed by atoms with E-state index in [9.17, 15) is 0 Å². The Bertz CT molecular complexity index is 532. The Morgan fingerprint density at radius 1 is 1.16 bits per heavy atom. The summed E-state index contributed by atoms with van der Waals surface area (Å²) in [5.74, 6) is 1.15. The molecule has 2 N–H and O–H groups in total. The first-order valence-electron chi connectivity index (χ1n) is 7.00. The van der Waals surface area contributed by atoms with Crippen LogP contribution in [0, 0.1) is 20.8 Å². The lowest BCUT2D eigenvalue weighted by molar-refractivity contribution is -0.668. The number of nitrogens with two attached hydrogens (primary N) is 1. The summed E-state index contributed by atoms with van der Waals surface area (Å²) in [6, 6.07) is 4.52. The van der Waals surface area contributed by atoms with Gasteiger partial charge in [-0.25, -0.2) is 4.98 Å². The van der Waals surface area contributed by atoms with Gasteiger partial charge in [-0.05, 0) is 44.4 Å². The fourth-order valence-electron chi connectivity index (χ4n) is 2.58. The number of nitrogens with zero attached hydrogens (tertiary/aromatic N) is 2. The first-order valence-corrected chi connectivity index (χ1v) is 7.00. The molecule has 1 aromatic heterocycles. The van der Waals surface area contributed by atoms with Crippen molar-refractivity contribution in [2.75, 3.05) is 6.54 Å². The normalized spacial score (nSPS) is 10.9. The molecule has 2 rings (SSSR count). The summed E-state index contributed by atoms with van der Waals surface area (Å²) in [4.78, 5) is 4.46. The summed E-state index contributed by atoms with van der Waals surface area (Å²) in [6.45, 7) is 11.7. The number of rotatable bonds is 5. The van der Waals surface area contributed by atoms with Crippen LogP contribution in [0.5, 0.6) is 0 Å². The first-order chi connectivity index (χ1) is 9.11. The lowest BCUT2D eigenvalue weighted by Gasteiger charge is -2.13. The van der Waals surface area contributed by atoms with E-state index in [2.05, 4.69) is 60.9 Å². The van der Waals surface area contributed by atoms with Gasteiger partial charge in [0.25, 0.3) is 0 Å². The van der Waals surface area contributed by atoms with Crippen molar-refractivity contribution < 1.29 is 5.32 Å². The van der Waals surface area contributed by atoms with Crippen molar-refractivity contribution in [1.82, 2.24) is 9.55 Å². The quantitative estimate of drug-likeness (QED) is 0.874. The molecule has 0 bridgehead atoms. The third kappa shape index (κ3) is 3.24. The van der Waals surface area contributed by atoms with Crippen LogP contribution < -0.4 is 5.32 Å². The van der Waals surface area contributed by atoms with E-state index in [1.54, 1.807) is 0 Å². The summed E-state index contributed by atoms with van der Waals surface area (Å²) >= 11 is 0. The summed E-state index contributed by atoms with van der Waals surface area (Å²) in [5, 5.41) is 2.27. The summed E-state index contributed by atoms with van der Waals surface area (Å²) in [5.41, 5.74) is 5.50. The van der Waals surface area contributed by atoms with Crippen molar-refractivity contribution in [2.45, 2.75) is 40.8 Å². The zero-order valence-corrected chi connectivity index (χ0v) is 12.4. The monoisotopic (exact) mass is 258 g/mol. The molecule has 2 aromatic rings. The van der Waals surface area contributed by atoms with Gasteiger partial charge >= 0.3 is 0 Å². The van der Waals surface area contributed by atoms with E-state index < -0.39 is 0 Å². The maximum Gasteiger partial charge on any atom is 0.164 e. The second-order valence-electron chi connectivity index (χ2n) is 5.25. The van der Waals surface area contributed by atoms with Crippen molar-refractivity contribution in [1.29, 1.82) is 0 Å². The molecule has 1 aromatic carbocycles. The van der Waals surface area contributed by atoms with E-state index in [4.69, 9.17) is 0 Å². The van der Waals surface area contributed by atoms with E-state index in [0.717, 1.165) is 25.5 Å². The minimum atomic E-state index is 0.921. The number of hydrogen-bond acceptors (Lipinski definition) is 1. The summed E-state index contributed by atoms with van der Waals surface area (Å²) in [7, 11) is 0. The maximum absolute atomic E-state index is 4.46. The highest BCUT2D eigenvalue weighted by molar-refractivity contribution is 5.37. The molecule has 0 unspecified atom stereocenters. The van der Waals surface area contributed by atoms with Gasteiger partial charge in [-0.1, -0.05) is 17.7 Å². The molecule has 0 aliphatic heterocycles. The van der Waals surface area contributed by atoms with Crippen LogP contribution in [0.3, 0.4) is 0 Å². The molecule has 3 nitrogen and oxygen atoms in total. The molecule has 0 aliphatic carbocycles. The Morgan fingerprint density at radius 3 is 2.47 bits per heavy atom. The number of aromatic nitrogens is 2. The van der Waals surface area contributed by atoms with Crippen molar-refractivity contribution >= 4 is 0 Å². The lowest BCUT2D eigenvalue weighted by Crippen LogP contribution is -2.82. The zero-order chi connectivity index (χ0) is 13.8. The fourth-order valence-corrected chi connectivity index (χ4v) is 2.58. The first kappa shape index (κ1) is 13.8. The number of aryl methyl sites for hydroxylation is 3. The van der Waals surface area contributed by atoms with Crippen LogP contribution >= 0.6 is 0 Å². The molecule has 1 heterocycles. The molecule has 0 amide bonds. The molecule has 3 heteroatoms. The van der Waals surface area contributed by atoms with Crippen LogP contribution in [0.4, 0.5) is 0 Å². The Labute approximate surface area is 115 Å². The minimum Gasteiger partial charge on any atom is -0.340 e. The van der Waals surface area contributed by atoms with Gasteiger partial charge in [-0.2, -0.15) is 0 Å². The molecule has 102 valence electrons. The Hall–Kier alpha value is -1.61. The molecule has 0 fully saturated rings. The molecule has 0 spiro atoms. The van der Waals surface area contributed by atoms with E-state index in [0.29, 0.717) is 0 Å². The highest BCUT2D eigenvalue weighted by Gasteiger charge is 2.09. The van der Waals surface area contributed by atoms with Gasteiger partial charge < -0.3 is 9.88 Å². The van der Waals surface area contributed by atoms with Crippen molar-refractivity contribution in [2.24, 2.45) is 0 Å². The van der Waals surface area contributed by atoms with Gasteiger partial charge in [-0.3, -0.25) is 0 Å². The van der Waals surface area contributed by atoms with Crippen molar-refractivity contribution in [3.63, 3.8) is 0 Å². The highest BCUT2D eigenvalue weighted by atomic mass is 15.1. The van der Waals surface area contributed by atoms with Crippen LogP contribution in [0.15, 0.2) is 24.5 Å². The van der Waals surface area contributed by atoms with Crippen LogP contribution in [0.25, 0.3) is 0 Å². The fraction of sp³-hybridized carbons (Fsp3) is 0.438. The molecule has 0 aliphatic rings. The SMILES string of the molecule is CC[NH2+]Cc1nccn1Cc1c(C)cc(C)cc1C. The average Bonchev–Trinajstić information content (AvgIpc) is 2.78. The van der Waals surface area contributed by atoms with Gasteiger partial charge in [0.15, 0.2) is 5.82 Å². The van der Waals surface area contributed by atoms with Gasteiger partial charge in [0.05, 0.1) is 6.54 Å². The highest BCUT2D eigenvalue weighted by Crippen LogP contribution is 2.18. The maximum atomic E-state index is 4.46. The van der Waals surface area contributed by atoms with E-state index in [1.807, 2.05) is 6.20 Å². The Kier molecular flexibility index (Phi) is 4.38. The largest absolute Gasteiger partial charge is 0.340 e. The molecule has 0 atom stereocenters. The van der Waals surface area contributed by atoms with Gasteiger partial charge in [0.1, 0.15) is 6.54 Å². The third-order valence-electron chi connectivity index (χ3n) is 3.59. The zero-order valence-electron chi connectivity index (χ0n) is 12.4. The lowest BCUT2D eigenvalue weighted by atomic mass is 10.00. The number of benzene rings is 1. The summed E-state index contributed by atoms with van der Waals surface area (Å²) < 4.78 is 2.26. The van der Waals surface area contributed by atoms with Crippen LogP contribution in [-0.2, 0) is 13.1 Å². The van der Waals surface area contributed by atoms with Crippen LogP contribution in [-0.4, -0.2) is 16.1 Å².